The van der Waals surface area contributed by atoms with E-state index in [9.17, 15) is 24.0 Å². The van der Waals surface area contributed by atoms with Crippen molar-refractivity contribution in [2.45, 2.75) is 68.4 Å². The minimum Gasteiger partial charge on any atom is -0.465 e. The van der Waals surface area contributed by atoms with E-state index in [0.29, 0.717) is 0 Å². The lowest BCUT2D eigenvalue weighted by Crippen LogP contribution is -2.44. The van der Waals surface area contributed by atoms with Crippen LogP contribution in [0.5, 0.6) is 0 Å². The number of rotatable bonds is 11. The molecule has 10 nitrogen and oxygen atoms in total. The van der Waals surface area contributed by atoms with Gasteiger partial charge in [0, 0.05) is 20.8 Å². The minimum absolute atomic E-state index is 0.242. The van der Waals surface area contributed by atoms with E-state index in [1.807, 2.05) is 0 Å². The molecule has 0 saturated heterocycles. The van der Waals surface area contributed by atoms with Gasteiger partial charge in [0.05, 0.1) is 22.7 Å². The highest BCUT2D eigenvalue weighted by Crippen LogP contribution is 2.24. The van der Waals surface area contributed by atoms with E-state index in [1.54, 1.807) is 41.5 Å². The van der Waals surface area contributed by atoms with Crippen LogP contribution in [0.2, 0.25) is 0 Å². The Morgan fingerprint density at radius 2 is 0.848 bits per heavy atom. The van der Waals surface area contributed by atoms with Crippen LogP contribution in [0.15, 0.2) is 0 Å². The van der Waals surface area contributed by atoms with E-state index in [-0.39, 0.29) is 26.4 Å². The van der Waals surface area contributed by atoms with Gasteiger partial charge in [0.25, 0.3) is 0 Å². The molecule has 0 N–H and O–H groups in total. The zero-order valence-electron chi connectivity index (χ0n) is 21.1. The summed E-state index contributed by atoms with van der Waals surface area (Å²) in [6.45, 7) is 12.7. The number of hydrogen-bond donors (Lipinski definition) is 0. The lowest BCUT2D eigenvalue weighted by Gasteiger charge is -2.33. The summed E-state index contributed by atoms with van der Waals surface area (Å²) in [7, 11) is 0. The Morgan fingerprint density at radius 3 is 1.09 bits per heavy atom. The third-order valence-corrected chi connectivity index (χ3v) is 4.31. The SMILES string of the molecule is CC(=O)OC[C@@H](COC(=O)C(C)(C)C)C(OC(C)=O)[C@@H](COC(C)=O)COC(=O)C(C)(C)C. The molecule has 0 aliphatic heterocycles. The van der Waals surface area contributed by atoms with Crippen LogP contribution in [0.25, 0.3) is 0 Å². The quantitative estimate of drug-likeness (QED) is 0.325. The van der Waals surface area contributed by atoms with Gasteiger partial charge in [-0.05, 0) is 41.5 Å². The Kier molecular flexibility index (Phi) is 12.1. The molecule has 0 aromatic carbocycles. The average molecular weight is 475 g/mol. The van der Waals surface area contributed by atoms with Gasteiger partial charge in [-0.1, -0.05) is 0 Å². The van der Waals surface area contributed by atoms with Crippen LogP contribution in [0, 0.1) is 22.7 Å². The van der Waals surface area contributed by atoms with Crippen molar-refractivity contribution < 1.29 is 47.7 Å². The molecule has 0 radical (unpaired) electrons. The summed E-state index contributed by atoms with van der Waals surface area (Å²) in [6.07, 6.45) is -1.05. The fraction of sp³-hybridized carbons (Fsp3) is 0.783. The molecule has 10 heteroatoms. The highest BCUT2D eigenvalue weighted by atomic mass is 16.6. The molecule has 33 heavy (non-hydrogen) atoms. The summed E-state index contributed by atoms with van der Waals surface area (Å²) in [4.78, 5) is 59.3. The smallest absolute Gasteiger partial charge is 0.311 e. The van der Waals surface area contributed by atoms with Gasteiger partial charge in [0.2, 0.25) is 0 Å². The standard InChI is InChI=1S/C23H38O10/c1-14(24)29-10-17(12-31-20(27)22(4,5)6)19(33-16(3)26)18(11-30-15(2)25)13-32-21(28)23(7,8)9/h17-19H,10-13H2,1-9H3/t17-,18-/m0/s1. The van der Waals surface area contributed by atoms with Crippen molar-refractivity contribution in [2.24, 2.45) is 22.7 Å². The highest BCUT2D eigenvalue weighted by molar-refractivity contribution is 5.75. The van der Waals surface area contributed by atoms with E-state index in [2.05, 4.69) is 0 Å². The predicted molar refractivity (Wildman–Crippen MR) is 117 cm³/mol. The van der Waals surface area contributed by atoms with Gasteiger partial charge in [-0.15, -0.1) is 0 Å². The first-order valence-corrected chi connectivity index (χ1v) is 10.7. The molecule has 0 amide bonds. The molecule has 0 fully saturated rings. The minimum atomic E-state index is -1.05. The van der Waals surface area contributed by atoms with Gasteiger partial charge in [0.1, 0.15) is 32.5 Å². The van der Waals surface area contributed by atoms with Crippen LogP contribution in [-0.4, -0.2) is 62.4 Å². The van der Waals surface area contributed by atoms with Crippen LogP contribution < -0.4 is 0 Å². The molecule has 0 aliphatic carbocycles. The van der Waals surface area contributed by atoms with Gasteiger partial charge in [-0.3, -0.25) is 24.0 Å². The Bertz CT molecular complexity index is 647. The number of ether oxygens (including phenoxy) is 5. The van der Waals surface area contributed by atoms with Crippen molar-refractivity contribution in [3.05, 3.63) is 0 Å². The first kappa shape index (κ1) is 30.4. The lowest BCUT2D eigenvalue weighted by atomic mass is 9.91. The molecule has 0 saturated carbocycles. The zero-order chi connectivity index (χ0) is 26.0. The molecule has 0 aromatic rings. The highest BCUT2D eigenvalue weighted by Gasteiger charge is 2.37. The number of carbonyl (C=O) groups excluding carboxylic acids is 5. The maximum absolute atomic E-state index is 12.3. The van der Waals surface area contributed by atoms with Crippen molar-refractivity contribution in [3.63, 3.8) is 0 Å². The molecule has 0 heterocycles. The topological polar surface area (TPSA) is 132 Å². The summed E-state index contributed by atoms with van der Waals surface area (Å²) in [5.41, 5.74) is -1.58. The molecule has 0 unspecified atom stereocenters. The van der Waals surface area contributed by atoms with Gasteiger partial charge in [0.15, 0.2) is 0 Å². The van der Waals surface area contributed by atoms with Crippen molar-refractivity contribution in [3.8, 4) is 0 Å². The molecule has 190 valence electrons. The molecule has 0 spiro atoms. The van der Waals surface area contributed by atoms with E-state index in [1.165, 1.54) is 20.8 Å². The van der Waals surface area contributed by atoms with Gasteiger partial charge in [-0.2, -0.15) is 0 Å². The Hall–Kier alpha value is -2.65. The summed E-state index contributed by atoms with van der Waals surface area (Å²) in [6, 6.07) is 0. The van der Waals surface area contributed by atoms with Crippen molar-refractivity contribution in [2.75, 3.05) is 26.4 Å². The molecule has 0 rings (SSSR count). The maximum atomic E-state index is 12.3. The second-order valence-corrected chi connectivity index (χ2v) is 9.90. The van der Waals surface area contributed by atoms with Crippen LogP contribution in [0.4, 0.5) is 0 Å². The largest absolute Gasteiger partial charge is 0.465 e. The van der Waals surface area contributed by atoms with Crippen LogP contribution in [0.3, 0.4) is 0 Å². The Morgan fingerprint density at radius 1 is 0.545 bits per heavy atom. The fourth-order valence-corrected chi connectivity index (χ4v) is 2.49. The van der Waals surface area contributed by atoms with E-state index in [0.717, 1.165) is 0 Å². The van der Waals surface area contributed by atoms with Gasteiger partial charge >= 0.3 is 29.8 Å². The van der Waals surface area contributed by atoms with E-state index >= 15 is 0 Å². The third-order valence-electron chi connectivity index (χ3n) is 4.31. The number of carbonyl (C=O) groups is 5. The second-order valence-electron chi connectivity index (χ2n) is 9.90. The Balaban J connectivity index is 5.93. The van der Waals surface area contributed by atoms with E-state index in [4.69, 9.17) is 23.7 Å². The molecule has 0 aliphatic rings. The van der Waals surface area contributed by atoms with Crippen LogP contribution in [0.1, 0.15) is 62.3 Å². The monoisotopic (exact) mass is 474 g/mol. The summed E-state index contributed by atoms with van der Waals surface area (Å²) < 4.78 is 26.4. The summed E-state index contributed by atoms with van der Waals surface area (Å²) in [5, 5.41) is 0. The number of hydrogen-bond acceptors (Lipinski definition) is 10. The van der Waals surface area contributed by atoms with Crippen molar-refractivity contribution in [1.82, 2.24) is 0 Å². The van der Waals surface area contributed by atoms with Gasteiger partial charge in [-0.25, -0.2) is 0 Å². The third kappa shape index (κ3) is 12.8. The van der Waals surface area contributed by atoms with Crippen LogP contribution in [-0.2, 0) is 47.7 Å². The molecular formula is C23H38O10. The first-order chi connectivity index (χ1) is 14.9. The zero-order valence-corrected chi connectivity index (χ0v) is 21.1. The van der Waals surface area contributed by atoms with Crippen molar-refractivity contribution >= 4 is 29.8 Å². The van der Waals surface area contributed by atoms with E-state index < -0.39 is 58.6 Å². The molecule has 0 aromatic heterocycles. The molecule has 0 bridgehead atoms. The Labute approximate surface area is 195 Å². The lowest BCUT2D eigenvalue weighted by molar-refractivity contribution is -0.172. The van der Waals surface area contributed by atoms with Crippen molar-refractivity contribution in [1.29, 1.82) is 0 Å². The summed E-state index contributed by atoms with van der Waals surface area (Å²) in [5.74, 6) is -4.46. The summed E-state index contributed by atoms with van der Waals surface area (Å²) >= 11 is 0. The molecular weight excluding hydrogens is 436 g/mol. The molecule has 2 atom stereocenters. The second kappa shape index (κ2) is 13.2. The fourth-order valence-electron chi connectivity index (χ4n) is 2.49. The predicted octanol–water partition coefficient (Wildman–Crippen LogP) is 2.46. The first-order valence-electron chi connectivity index (χ1n) is 10.7. The maximum Gasteiger partial charge on any atom is 0.311 e. The normalized spacial score (nSPS) is 13.5. The van der Waals surface area contributed by atoms with Gasteiger partial charge < -0.3 is 23.7 Å². The average Bonchev–Trinajstić information content (AvgIpc) is 2.64. The van der Waals surface area contributed by atoms with Crippen LogP contribution >= 0.6 is 0 Å². The number of esters is 5.